The second kappa shape index (κ2) is 6.88. The zero-order valence-electron chi connectivity index (χ0n) is 12.7. The smallest absolute Gasteiger partial charge is 0.0449 e. The summed E-state index contributed by atoms with van der Waals surface area (Å²) >= 11 is 0. The number of hydrogen-bond acceptors (Lipinski definition) is 2. The first kappa shape index (κ1) is 14.3. The van der Waals surface area contributed by atoms with Crippen molar-refractivity contribution in [3.8, 4) is 0 Å². The van der Waals surface area contributed by atoms with Gasteiger partial charge in [-0.1, -0.05) is 60.7 Å². The molecule has 0 spiro atoms. The van der Waals surface area contributed by atoms with Gasteiger partial charge < -0.3 is 5.32 Å². The molecular formula is C19H24N2. The molecule has 0 saturated carbocycles. The van der Waals surface area contributed by atoms with E-state index in [0.29, 0.717) is 12.1 Å². The molecule has 2 aromatic rings. The largest absolute Gasteiger partial charge is 0.308 e. The van der Waals surface area contributed by atoms with Crippen LogP contribution in [0.25, 0.3) is 0 Å². The number of hydrogen-bond donors (Lipinski definition) is 1. The number of piperazine rings is 1. The van der Waals surface area contributed by atoms with Gasteiger partial charge in [0.2, 0.25) is 0 Å². The second-order valence-corrected chi connectivity index (χ2v) is 5.95. The zero-order chi connectivity index (χ0) is 14.5. The highest BCUT2D eigenvalue weighted by Gasteiger charge is 2.23. The second-order valence-electron chi connectivity index (χ2n) is 5.95. The predicted octanol–water partition coefficient (Wildman–Crippen LogP) is 3.26. The summed E-state index contributed by atoms with van der Waals surface area (Å²) in [6, 6.07) is 22.6. The van der Waals surface area contributed by atoms with Crippen LogP contribution in [0.1, 0.15) is 24.1 Å². The van der Waals surface area contributed by atoms with Gasteiger partial charge in [-0.05, 0) is 24.5 Å². The van der Waals surface area contributed by atoms with E-state index in [1.165, 1.54) is 11.1 Å². The van der Waals surface area contributed by atoms with E-state index in [-0.39, 0.29) is 0 Å². The van der Waals surface area contributed by atoms with Crippen LogP contribution in [0.5, 0.6) is 0 Å². The summed E-state index contributed by atoms with van der Waals surface area (Å²) in [6.07, 6.45) is 1.13. The van der Waals surface area contributed by atoms with Crippen LogP contribution in [0.4, 0.5) is 0 Å². The van der Waals surface area contributed by atoms with Crippen molar-refractivity contribution in [2.45, 2.75) is 25.4 Å². The van der Waals surface area contributed by atoms with Crippen LogP contribution in [0.3, 0.4) is 0 Å². The number of benzene rings is 2. The van der Waals surface area contributed by atoms with E-state index in [4.69, 9.17) is 0 Å². The van der Waals surface area contributed by atoms with Crippen LogP contribution in [-0.2, 0) is 6.42 Å². The molecule has 1 heterocycles. The van der Waals surface area contributed by atoms with Crippen molar-refractivity contribution in [3.63, 3.8) is 0 Å². The Labute approximate surface area is 127 Å². The van der Waals surface area contributed by atoms with Crippen LogP contribution < -0.4 is 5.32 Å². The van der Waals surface area contributed by atoms with E-state index in [1.807, 2.05) is 0 Å². The van der Waals surface area contributed by atoms with Crippen LogP contribution in [0.15, 0.2) is 60.7 Å². The molecule has 2 nitrogen and oxygen atoms in total. The molecule has 0 aromatic heterocycles. The molecule has 2 unspecified atom stereocenters. The molecule has 21 heavy (non-hydrogen) atoms. The van der Waals surface area contributed by atoms with Crippen molar-refractivity contribution in [2.24, 2.45) is 0 Å². The quantitative estimate of drug-likeness (QED) is 0.924. The fourth-order valence-electron chi connectivity index (χ4n) is 3.17. The van der Waals surface area contributed by atoms with Gasteiger partial charge in [0.25, 0.3) is 0 Å². The zero-order valence-corrected chi connectivity index (χ0v) is 12.7. The lowest BCUT2D eigenvalue weighted by molar-refractivity contribution is 0.152. The SMILES string of the molecule is CC(Cc1ccccc1)N1CCNC(c2ccccc2)C1. The predicted molar refractivity (Wildman–Crippen MR) is 88.4 cm³/mol. The van der Waals surface area contributed by atoms with E-state index in [0.717, 1.165) is 26.1 Å². The maximum atomic E-state index is 3.64. The standard InChI is InChI=1S/C19H24N2/c1-16(14-17-8-4-2-5-9-17)21-13-12-20-19(15-21)18-10-6-3-7-11-18/h2-11,16,19-20H,12-15H2,1H3. The van der Waals surface area contributed by atoms with E-state index in [2.05, 4.69) is 77.8 Å². The summed E-state index contributed by atoms with van der Waals surface area (Å²) in [4.78, 5) is 2.61. The lowest BCUT2D eigenvalue weighted by Gasteiger charge is -2.38. The molecule has 1 aliphatic rings. The summed E-state index contributed by atoms with van der Waals surface area (Å²) < 4.78 is 0. The molecule has 0 amide bonds. The van der Waals surface area contributed by atoms with Crippen molar-refractivity contribution in [3.05, 3.63) is 71.8 Å². The van der Waals surface area contributed by atoms with Gasteiger partial charge in [0, 0.05) is 31.7 Å². The van der Waals surface area contributed by atoms with Gasteiger partial charge in [0.1, 0.15) is 0 Å². The monoisotopic (exact) mass is 280 g/mol. The van der Waals surface area contributed by atoms with Gasteiger partial charge in [0.05, 0.1) is 0 Å². The minimum Gasteiger partial charge on any atom is -0.308 e. The highest BCUT2D eigenvalue weighted by Crippen LogP contribution is 2.19. The van der Waals surface area contributed by atoms with Crippen LogP contribution in [0.2, 0.25) is 0 Å². The molecule has 110 valence electrons. The molecule has 1 aliphatic heterocycles. The van der Waals surface area contributed by atoms with Gasteiger partial charge in [-0.25, -0.2) is 0 Å². The van der Waals surface area contributed by atoms with Crippen LogP contribution in [0, 0.1) is 0 Å². The Hall–Kier alpha value is -1.64. The first-order valence-electron chi connectivity index (χ1n) is 7.89. The maximum Gasteiger partial charge on any atom is 0.0449 e. The molecule has 1 fully saturated rings. The van der Waals surface area contributed by atoms with Gasteiger partial charge in [-0.3, -0.25) is 4.90 Å². The number of rotatable bonds is 4. The molecule has 2 heteroatoms. The summed E-state index contributed by atoms with van der Waals surface area (Å²) in [5, 5.41) is 3.64. The van der Waals surface area contributed by atoms with E-state index >= 15 is 0 Å². The Morgan fingerprint density at radius 1 is 1.05 bits per heavy atom. The third-order valence-corrected chi connectivity index (χ3v) is 4.41. The normalized spacial score (nSPS) is 21.1. The van der Waals surface area contributed by atoms with Crippen molar-refractivity contribution >= 4 is 0 Å². The highest BCUT2D eigenvalue weighted by molar-refractivity contribution is 5.20. The Kier molecular flexibility index (Phi) is 4.69. The molecule has 0 aliphatic carbocycles. The number of nitrogens with one attached hydrogen (secondary N) is 1. The maximum absolute atomic E-state index is 3.64. The van der Waals surface area contributed by atoms with Gasteiger partial charge in [-0.2, -0.15) is 0 Å². The summed E-state index contributed by atoms with van der Waals surface area (Å²) in [5.74, 6) is 0. The van der Waals surface area contributed by atoms with Crippen LogP contribution in [-0.4, -0.2) is 30.6 Å². The van der Waals surface area contributed by atoms with Crippen molar-refractivity contribution in [1.82, 2.24) is 10.2 Å². The Morgan fingerprint density at radius 3 is 2.43 bits per heavy atom. The third kappa shape index (κ3) is 3.72. The molecular weight excluding hydrogens is 256 g/mol. The average Bonchev–Trinajstić information content (AvgIpc) is 2.57. The van der Waals surface area contributed by atoms with Crippen molar-refractivity contribution < 1.29 is 0 Å². The third-order valence-electron chi connectivity index (χ3n) is 4.41. The molecule has 0 bridgehead atoms. The van der Waals surface area contributed by atoms with Gasteiger partial charge in [0.15, 0.2) is 0 Å². The first-order chi connectivity index (χ1) is 10.3. The Bertz CT molecular complexity index is 538. The molecule has 2 atom stereocenters. The fourth-order valence-corrected chi connectivity index (χ4v) is 3.17. The highest BCUT2D eigenvalue weighted by atomic mass is 15.2. The van der Waals surface area contributed by atoms with E-state index in [1.54, 1.807) is 0 Å². The lowest BCUT2D eigenvalue weighted by Crippen LogP contribution is -2.49. The lowest BCUT2D eigenvalue weighted by atomic mass is 10.0. The molecule has 0 radical (unpaired) electrons. The van der Waals surface area contributed by atoms with Crippen LogP contribution >= 0.6 is 0 Å². The van der Waals surface area contributed by atoms with Crippen molar-refractivity contribution in [2.75, 3.05) is 19.6 Å². The minimum atomic E-state index is 0.457. The Balaban J connectivity index is 1.63. The number of nitrogens with zero attached hydrogens (tertiary/aromatic N) is 1. The van der Waals surface area contributed by atoms with Gasteiger partial charge in [-0.15, -0.1) is 0 Å². The molecule has 1 N–H and O–H groups in total. The topological polar surface area (TPSA) is 15.3 Å². The summed E-state index contributed by atoms with van der Waals surface area (Å²) in [7, 11) is 0. The summed E-state index contributed by atoms with van der Waals surface area (Å²) in [6.45, 7) is 5.65. The molecule has 1 saturated heterocycles. The van der Waals surface area contributed by atoms with Crippen molar-refractivity contribution in [1.29, 1.82) is 0 Å². The average molecular weight is 280 g/mol. The Morgan fingerprint density at radius 2 is 1.71 bits per heavy atom. The molecule has 2 aromatic carbocycles. The molecule has 3 rings (SSSR count). The minimum absolute atomic E-state index is 0.457. The van der Waals surface area contributed by atoms with E-state index < -0.39 is 0 Å². The summed E-state index contributed by atoms with van der Waals surface area (Å²) in [5.41, 5.74) is 2.83. The van der Waals surface area contributed by atoms with E-state index in [9.17, 15) is 0 Å². The first-order valence-corrected chi connectivity index (χ1v) is 7.89. The fraction of sp³-hybridized carbons (Fsp3) is 0.368. The van der Waals surface area contributed by atoms with Gasteiger partial charge >= 0.3 is 0 Å².